The van der Waals surface area contributed by atoms with Crippen LogP contribution in [0.25, 0.3) is 0 Å². The lowest BCUT2D eigenvalue weighted by Crippen LogP contribution is -2.27. The first-order chi connectivity index (χ1) is 8.16. The molecule has 0 spiro atoms. The number of anilines is 1. The lowest BCUT2D eigenvalue weighted by Gasteiger charge is -2.06. The molecule has 0 fully saturated rings. The molecule has 2 N–H and O–H groups in total. The maximum atomic E-state index is 11.5. The number of nitrogens with two attached hydrogens (primary N) is 1. The fraction of sp³-hybridized carbons (Fsp3) is 0.182. The molecule has 0 aromatic carbocycles. The topological polar surface area (TPSA) is 82.9 Å². The summed E-state index contributed by atoms with van der Waals surface area (Å²) in [6, 6.07) is 6.22. The van der Waals surface area contributed by atoms with Crippen LogP contribution in [-0.2, 0) is 13.1 Å². The van der Waals surface area contributed by atoms with Crippen LogP contribution in [0.2, 0.25) is 0 Å². The van der Waals surface area contributed by atoms with Gasteiger partial charge in [0.1, 0.15) is 0 Å². The zero-order valence-corrected chi connectivity index (χ0v) is 9.11. The van der Waals surface area contributed by atoms with E-state index in [1.54, 1.807) is 18.3 Å². The minimum Gasteiger partial charge on any atom is -0.397 e. The van der Waals surface area contributed by atoms with Crippen molar-refractivity contribution in [2.75, 3.05) is 5.73 Å². The molecule has 0 aliphatic carbocycles. The molecule has 0 saturated heterocycles. The second-order valence-electron chi connectivity index (χ2n) is 3.58. The van der Waals surface area contributed by atoms with Crippen LogP contribution in [0, 0.1) is 0 Å². The summed E-state index contributed by atoms with van der Waals surface area (Å²) in [6.07, 6.45) is 3.08. The van der Waals surface area contributed by atoms with Gasteiger partial charge in [-0.1, -0.05) is 6.07 Å². The summed E-state index contributed by atoms with van der Waals surface area (Å²) in [5.74, 6) is 0. The van der Waals surface area contributed by atoms with Crippen LogP contribution in [-0.4, -0.2) is 14.3 Å². The van der Waals surface area contributed by atoms with Crippen molar-refractivity contribution in [1.29, 1.82) is 0 Å². The molecule has 88 valence electrons. The molecule has 0 aliphatic rings. The monoisotopic (exact) mass is 232 g/mol. The lowest BCUT2D eigenvalue weighted by molar-refractivity contribution is 0.503. The fourth-order valence-corrected chi connectivity index (χ4v) is 1.46. The van der Waals surface area contributed by atoms with Crippen LogP contribution in [0.1, 0.15) is 0 Å². The number of nitrogens with zero attached hydrogens (tertiary/aromatic N) is 3. The van der Waals surface area contributed by atoms with Gasteiger partial charge in [0.2, 0.25) is 0 Å². The molecular weight excluding hydrogens is 220 g/mol. The third-order valence-electron chi connectivity index (χ3n) is 2.34. The molecule has 2 rings (SSSR count). The summed E-state index contributed by atoms with van der Waals surface area (Å²) in [5.41, 5.74) is 5.39. The molecule has 0 atom stereocenters. The molecule has 17 heavy (non-hydrogen) atoms. The van der Waals surface area contributed by atoms with Crippen LogP contribution in [0.15, 0.2) is 46.2 Å². The van der Waals surface area contributed by atoms with E-state index in [1.165, 1.54) is 27.6 Å². The Morgan fingerprint density at radius 1 is 1.18 bits per heavy atom. The van der Waals surface area contributed by atoms with Crippen molar-refractivity contribution in [3.05, 3.63) is 57.4 Å². The summed E-state index contributed by atoms with van der Waals surface area (Å²) in [5, 5.41) is 3.89. The van der Waals surface area contributed by atoms with E-state index in [0.717, 1.165) is 0 Å². The second-order valence-corrected chi connectivity index (χ2v) is 3.58. The van der Waals surface area contributed by atoms with Crippen molar-refractivity contribution in [2.24, 2.45) is 0 Å². The minimum atomic E-state index is -0.269. The smallest absolute Gasteiger partial charge is 0.268 e. The molecule has 0 saturated carbocycles. The molecule has 0 aliphatic heterocycles. The van der Waals surface area contributed by atoms with Gasteiger partial charge in [-0.3, -0.25) is 9.59 Å². The van der Waals surface area contributed by atoms with Gasteiger partial charge in [-0.2, -0.15) is 5.10 Å². The van der Waals surface area contributed by atoms with Crippen molar-refractivity contribution < 1.29 is 0 Å². The second kappa shape index (κ2) is 4.65. The van der Waals surface area contributed by atoms with Gasteiger partial charge in [0, 0.05) is 24.9 Å². The van der Waals surface area contributed by atoms with Crippen molar-refractivity contribution in [2.45, 2.75) is 13.1 Å². The van der Waals surface area contributed by atoms with Crippen molar-refractivity contribution >= 4 is 5.69 Å². The summed E-state index contributed by atoms with van der Waals surface area (Å²) < 4.78 is 2.79. The number of nitrogen functional groups attached to an aromatic ring is 1. The maximum absolute atomic E-state index is 11.5. The summed E-state index contributed by atoms with van der Waals surface area (Å²) in [7, 11) is 0. The minimum absolute atomic E-state index is 0.101. The molecule has 2 heterocycles. The largest absolute Gasteiger partial charge is 0.397 e. The predicted molar refractivity (Wildman–Crippen MR) is 63.6 cm³/mol. The van der Waals surface area contributed by atoms with Gasteiger partial charge >= 0.3 is 0 Å². The highest BCUT2D eigenvalue weighted by atomic mass is 16.1. The van der Waals surface area contributed by atoms with Crippen LogP contribution in [0.5, 0.6) is 0 Å². The Balaban J connectivity index is 2.16. The van der Waals surface area contributed by atoms with Crippen LogP contribution in [0.4, 0.5) is 5.69 Å². The molecular formula is C11H12N4O2. The Kier molecular flexibility index (Phi) is 3.04. The number of pyridine rings is 1. The third-order valence-corrected chi connectivity index (χ3v) is 2.34. The first-order valence-electron chi connectivity index (χ1n) is 5.15. The van der Waals surface area contributed by atoms with Gasteiger partial charge < -0.3 is 10.3 Å². The van der Waals surface area contributed by atoms with Crippen LogP contribution in [0.3, 0.4) is 0 Å². The van der Waals surface area contributed by atoms with Crippen LogP contribution >= 0.6 is 0 Å². The number of aromatic nitrogens is 3. The highest BCUT2D eigenvalue weighted by molar-refractivity contribution is 5.31. The number of hydrogen-bond donors (Lipinski definition) is 1. The quantitative estimate of drug-likeness (QED) is 0.786. The van der Waals surface area contributed by atoms with Crippen molar-refractivity contribution in [3.63, 3.8) is 0 Å². The summed E-state index contributed by atoms with van der Waals surface area (Å²) in [4.78, 5) is 22.9. The zero-order valence-electron chi connectivity index (χ0n) is 9.11. The predicted octanol–water partition coefficient (Wildman–Crippen LogP) is -0.313. The van der Waals surface area contributed by atoms with Crippen molar-refractivity contribution in [1.82, 2.24) is 14.3 Å². The van der Waals surface area contributed by atoms with Crippen LogP contribution < -0.4 is 16.9 Å². The first-order valence-corrected chi connectivity index (χ1v) is 5.15. The van der Waals surface area contributed by atoms with Gasteiger partial charge in [-0.25, -0.2) is 4.68 Å². The van der Waals surface area contributed by atoms with Crippen molar-refractivity contribution in [3.8, 4) is 0 Å². The average Bonchev–Trinajstić information content (AvgIpc) is 2.30. The van der Waals surface area contributed by atoms with Gasteiger partial charge in [-0.15, -0.1) is 0 Å². The summed E-state index contributed by atoms with van der Waals surface area (Å²) in [6.45, 7) is 0.736. The molecule has 2 aromatic heterocycles. The molecule has 2 aromatic rings. The third kappa shape index (κ3) is 2.60. The maximum Gasteiger partial charge on any atom is 0.268 e. The van der Waals surface area contributed by atoms with E-state index in [2.05, 4.69) is 5.10 Å². The fourth-order valence-electron chi connectivity index (χ4n) is 1.46. The SMILES string of the molecule is Nc1cnn(CCn2ccccc2=O)c(=O)c1. The lowest BCUT2D eigenvalue weighted by atomic mass is 10.4. The van der Waals surface area contributed by atoms with E-state index < -0.39 is 0 Å². The number of hydrogen-bond acceptors (Lipinski definition) is 4. The van der Waals surface area contributed by atoms with E-state index in [9.17, 15) is 9.59 Å². The first kappa shape index (κ1) is 11.1. The Bertz CT molecular complexity index is 630. The number of rotatable bonds is 3. The van der Waals surface area contributed by atoms with Gasteiger partial charge in [0.15, 0.2) is 0 Å². The number of aryl methyl sites for hydroxylation is 2. The molecule has 0 radical (unpaired) electrons. The average molecular weight is 232 g/mol. The Hall–Kier alpha value is -2.37. The molecule has 0 unspecified atom stereocenters. The highest BCUT2D eigenvalue weighted by Gasteiger charge is 1.99. The highest BCUT2D eigenvalue weighted by Crippen LogP contribution is 1.91. The Labute approximate surface area is 96.9 Å². The Morgan fingerprint density at radius 2 is 2.00 bits per heavy atom. The molecule has 0 bridgehead atoms. The van der Waals surface area contributed by atoms with Gasteiger partial charge in [0.05, 0.1) is 18.4 Å². The van der Waals surface area contributed by atoms with E-state index in [1.807, 2.05) is 0 Å². The van der Waals surface area contributed by atoms with E-state index in [0.29, 0.717) is 18.8 Å². The van der Waals surface area contributed by atoms with E-state index >= 15 is 0 Å². The molecule has 6 nitrogen and oxygen atoms in total. The normalized spacial score (nSPS) is 10.4. The van der Waals surface area contributed by atoms with Gasteiger partial charge in [0.25, 0.3) is 11.1 Å². The molecule has 0 amide bonds. The van der Waals surface area contributed by atoms with E-state index in [4.69, 9.17) is 5.73 Å². The van der Waals surface area contributed by atoms with Gasteiger partial charge in [-0.05, 0) is 6.07 Å². The summed E-state index contributed by atoms with van der Waals surface area (Å²) >= 11 is 0. The Morgan fingerprint density at radius 3 is 2.71 bits per heavy atom. The standard InChI is InChI=1S/C11H12N4O2/c12-9-7-11(17)15(13-8-9)6-5-14-4-2-1-3-10(14)16/h1-4,7-8H,5-6,12H2. The van der Waals surface area contributed by atoms with E-state index in [-0.39, 0.29) is 11.1 Å². The zero-order chi connectivity index (χ0) is 12.3. The molecule has 6 heteroatoms.